The second-order valence-electron chi connectivity index (χ2n) is 4.60. The van der Waals surface area contributed by atoms with Crippen LogP contribution in [-0.2, 0) is 4.74 Å². The number of urea groups is 1. The highest BCUT2D eigenvalue weighted by molar-refractivity contribution is 6.30. The lowest BCUT2D eigenvalue weighted by atomic mass is 10.2. The Morgan fingerprint density at radius 2 is 2.06 bits per heavy atom. The van der Waals surface area contributed by atoms with E-state index in [1.807, 2.05) is 26.0 Å². The van der Waals surface area contributed by atoms with Crippen LogP contribution in [0.5, 0.6) is 0 Å². The van der Waals surface area contributed by atoms with Crippen LogP contribution >= 0.6 is 11.6 Å². The highest BCUT2D eigenvalue weighted by atomic mass is 35.5. The van der Waals surface area contributed by atoms with Crippen LogP contribution in [0.25, 0.3) is 0 Å². The van der Waals surface area contributed by atoms with Gasteiger partial charge in [0, 0.05) is 23.8 Å². The molecule has 0 saturated carbocycles. The lowest BCUT2D eigenvalue weighted by Crippen LogP contribution is -2.49. The molecule has 5 heteroatoms. The van der Waals surface area contributed by atoms with E-state index in [4.69, 9.17) is 16.3 Å². The number of benzene rings is 1. The highest BCUT2D eigenvalue weighted by Crippen LogP contribution is 2.17. The van der Waals surface area contributed by atoms with Crippen molar-refractivity contribution in [3.05, 3.63) is 29.3 Å². The molecule has 0 unspecified atom stereocenters. The van der Waals surface area contributed by atoms with E-state index in [-0.39, 0.29) is 18.2 Å². The molecule has 2 atom stereocenters. The number of rotatable bonds is 1. The van der Waals surface area contributed by atoms with Crippen molar-refractivity contribution in [2.45, 2.75) is 26.1 Å². The Bertz CT molecular complexity index is 429. The monoisotopic (exact) mass is 268 g/mol. The summed E-state index contributed by atoms with van der Waals surface area (Å²) < 4.78 is 5.59. The molecule has 2 rings (SSSR count). The molecule has 0 bridgehead atoms. The minimum atomic E-state index is -0.112. The van der Waals surface area contributed by atoms with E-state index in [1.54, 1.807) is 17.0 Å². The number of amides is 2. The molecule has 1 aliphatic rings. The molecule has 98 valence electrons. The van der Waals surface area contributed by atoms with Crippen molar-refractivity contribution in [2.24, 2.45) is 0 Å². The van der Waals surface area contributed by atoms with Gasteiger partial charge in [0.15, 0.2) is 0 Å². The Hall–Kier alpha value is -1.26. The third kappa shape index (κ3) is 3.37. The molecule has 2 amide bonds. The average Bonchev–Trinajstić information content (AvgIpc) is 2.27. The molecule has 4 nitrogen and oxygen atoms in total. The Kier molecular flexibility index (Phi) is 4.09. The van der Waals surface area contributed by atoms with Crippen LogP contribution in [0.2, 0.25) is 5.02 Å². The summed E-state index contributed by atoms with van der Waals surface area (Å²) in [7, 11) is 0. The lowest BCUT2D eigenvalue weighted by molar-refractivity contribution is -0.0530. The molecule has 1 fully saturated rings. The minimum absolute atomic E-state index is 0.0684. The highest BCUT2D eigenvalue weighted by Gasteiger charge is 2.25. The van der Waals surface area contributed by atoms with E-state index in [0.717, 1.165) is 0 Å². The number of hydrogen-bond donors (Lipinski definition) is 1. The summed E-state index contributed by atoms with van der Waals surface area (Å²) in [5, 5.41) is 3.45. The molecule has 1 aliphatic heterocycles. The Labute approximate surface area is 112 Å². The normalized spacial score (nSPS) is 23.8. The van der Waals surface area contributed by atoms with Crippen molar-refractivity contribution in [2.75, 3.05) is 18.4 Å². The van der Waals surface area contributed by atoms with Gasteiger partial charge in [0.05, 0.1) is 12.2 Å². The number of morpholine rings is 1. The molecule has 0 spiro atoms. The van der Waals surface area contributed by atoms with Crippen LogP contribution in [0.3, 0.4) is 0 Å². The van der Waals surface area contributed by atoms with Crippen LogP contribution in [0.15, 0.2) is 24.3 Å². The van der Waals surface area contributed by atoms with E-state index < -0.39 is 0 Å². The summed E-state index contributed by atoms with van der Waals surface area (Å²) in [6.45, 7) is 5.15. The summed E-state index contributed by atoms with van der Waals surface area (Å²) in [5.41, 5.74) is 0.708. The van der Waals surface area contributed by atoms with E-state index in [9.17, 15) is 4.79 Å². The van der Waals surface area contributed by atoms with Crippen LogP contribution in [-0.4, -0.2) is 36.2 Å². The summed E-state index contributed by atoms with van der Waals surface area (Å²) >= 11 is 5.88. The van der Waals surface area contributed by atoms with E-state index in [1.165, 1.54) is 0 Å². The summed E-state index contributed by atoms with van der Waals surface area (Å²) in [4.78, 5) is 13.8. The maximum absolute atomic E-state index is 12.1. The van der Waals surface area contributed by atoms with Crippen molar-refractivity contribution < 1.29 is 9.53 Å². The predicted octanol–water partition coefficient (Wildman–Crippen LogP) is 2.98. The summed E-state index contributed by atoms with van der Waals surface area (Å²) in [6.07, 6.45) is 0.137. The second-order valence-corrected chi connectivity index (χ2v) is 5.04. The number of nitrogens with one attached hydrogen (secondary N) is 1. The fourth-order valence-corrected chi connectivity index (χ4v) is 2.30. The minimum Gasteiger partial charge on any atom is -0.372 e. The van der Waals surface area contributed by atoms with Crippen molar-refractivity contribution in [3.63, 3.8) is 0 Å². The van der Waals surface area contributed by atoms with Crippen molar-refractivity contribution in [3.8, 4) is 0 Å². The van der Waals surface area contributed by atoms with Crippen LogP contribution in [0, 0.1) is 0 Å². The average molecular weight is 269 g/mol. The molecular formula is C13H17ClN2O2. The largest absolute Gasteiger partial charge is 0.372 e. The van der Waals surface area contributed by atoms with Gasteiger partial charge in [-0.1, -0.05) is 17.7 Å². The molecular weight excluding hydrogens is 252 g/mol. The van der Waals surface area contributed by atoms with Gasteiger partial charge in [0.1, 0.15) is 0 Å². The molecule has 1 aromatic rings. The van der Waals surface area contributed by atoms with Crippen molar-refractivity contribution in [1.82, 2.24) is 4.90 Å². The first kappa shape index (κ1) is 13.2. The van der Waals surface area contributed by atoms with Crippen molar-refractivity contribution in [1.29, 1.82) is 0 Å². The molecule has 0 aromatic heterocycles. The zero-order valence-corrected chi connectivity index (χ0v) is 11.3. The lowest BCUT2D eigenvalue weighted by Gasteiger charge is -2.35. The zero-order valence-electron chi connectivity index (χ0n) is 10.5. The van der Waals surface area contributed by atoms with Gasteiger partial charge in [0.25, 0.3) is 0 Å². The predicted molar refractivity (Wildman–Crippen MR) is 72.1 cm³/mol. The van der Waals surface area contributed by atoms with Gasteiger partial charge in [0.2, 0.25) is 0 Å². The van der Waals surface area contributed by atoms with E-state index in [2.05, 4.69) is 5.32 Å². The number of hydrogen-bond acceptors (Lipinski definition) is 2. The standard InChI is InChI=1S/C13H17ClN2O2/c1-9-7-16(8-10(2)18-9)13(17)15-12-5-3-4-11(14)6-12/h3-6,9-10H,7-8H2,1-2H3,(H,15,17)/t9-,10-/m0/s1. The van der Waals surface area contributed by atoms with Gasteiger partial charge in [-0.05, 0) is 32.0 Å². The number of nitrogens with zero attached hydrogens (tertiary/aromatic N) is 1. The molecule has 1 saturated heterocycles. The van der Waals surface area contributed by atoms with Gasteiger partial charge in [-0.3, -0.25) is 0 Å². The Morgan fingerprint density at radius 1 is 1.39 bits per heavy atom. The molecule has 1 N–H and O–H groups in total. The summed E-state index contributed by atoms with van der Waals surface area (Å²) in [6, 6.07) is 7.02. The Morgan fingerprint density at radius 3 is 2.67 bits per heavy atom. The second kappa shape index (κ2) is 5.59. The van der Waals surface area contributed by atoms with Crippen LogP contribution < -0.4 is 5.32 Å². The zero-order chi connectivity index (χ0) is 13.1. The SMILES string of the molecule is C[C@H]1CN(C(=O)Nc2cccc(Cl)c2)C[C@H](C)O1. The van der Waals surface area contributed by atoms with Gasteiger partial charge in [-0.15, -0.1) is 0 Å². The first-order chi connectivity index (χ1) is 8.54. The van der Waals surface area contributed by atoms with E-state index >= 15 is 0 Å². The topological polar surface area (TPSA) is 41.6 Å². The fraction of sp³-hybridized carbons (Fsp3) is 0.462. The first-order valence-electron chi connectivity index (χ1n) is 6.01. The quantitative estimate of drug-likeness (QED) is 0.851. The third-order valence-corrected chi connectivity index (χ3v) is 3.02. The number of ether oxygens (including phenoxy) is 1. The number of carbonyl (C=O) groups excluding carboxylic acids is 1. The van der Waals surface area contributed by atoms with Gasteiger partial charge >= 0.3 is 6.03 Å². The Balaban J connectivity index is 1.99. The van der Waals surface area contributed by atoms with Gasteiger partial charge < -0.3 is 15.0 Å². The van der Waals surface area contributed by atoms with Gasteiger partial charge in [-0.2, -0.15) is 0 Å². The number of halogens is 1. The number of anilines is 1. The van der Waals surface area contributed by atoms with Gasteiger partial charge in [-0.25, -0.2) is 4.79 Å². The molecule has 0 aliphatic carbocycles. The number of carbonyl (C=O) groups is 1. The van der Waals surface area contributed by atoms with Crippen LogP contribution in [0.4, 0.5) is 10.5 Å². The molecule has 0 radical (unpaired) electrons. The smallest absolute Gasteiger partial charge is 0.322 e. The first-order valence-corrected chi connectivity index (χ1v) is 6.39. The molecule has 1 aromatic carbocycles. The fourth-order valence-electron chi connectivity index (χ4n) is 2.11. The van der Waals surface area contributed by atoms with Crippen LogP contribution in [0.1, 0.15) is 13.8 Å². The molecule has 1 heterocycles. The summed E-state index contributed by atoms with van der Waals surface area (Å²) in [5.74, 6) is 0. The maximum Gasteiger partial charge on any atom is 0.322 e. The van der Waals surface area contributed by atoms with Crippen molar-refractivity contribution >= 4 is 23.3 Å². The van der Waals surface area contributed by atoms with E-state index in [0.29, 0.717) is 23.8 Å². The third-order valence-electron chi connectivity index (χ3n) is 2.78. The molecule has 18 heavy (non-hydrogen) atoms. The maximum atomic E-state index is 12.1.